The second-order valence-corrected chi connectivity index (χ2v) is 5.31. The van der Waals surface area contributed by atoms with Crippen molar-refractivity contribution in [3.8, 4) is 5.75 Å². The van der Waals surface area contributed by atoms with Crippen LogP contribution in [-0.2, 0) is 11.4 Å². The van der Waals surface area contributed by atoms with Gasteiger partial charge in [0, 0.05) is 17.3 Å². The minimum Gasteiger partial charge on any atom is -0.494 e. The van der Waals surface area contributed by atoms with Crippen molar-refractivity contribution in [2.24, 2.45) is 0 Å². The Balaban J connectivity index is 2.12. The molecule has 25 heavy (non-hydrogen) atoms. The van der Waals surface area contributed by atoms with Gasteiger partial charge in [-0.3, -0.25) is 14.9 Å². The van der Waals surface area contributed by atoms with Gasteiger partial charge in [-0.15, -0.1) is 0 Å². The van der Waals surface area contributed by atoms with Gasteiger partial charge < -0.3 is 20.5 Å². The van der Waals surface area contributed by atoms with Crippen LogP contribution in [0.15, 0.2) is 42.5 Å². The van der Waals surface area contributed by atoms with Gasteiger partial charge >= 0.3 is 0 Å². The van der Waals surface area contributed by atoms with Crippen molar-refractivity contribution in [3.05, 3.63) is 58.1 Å². The van der Waals surface area contributed by atoms with Gasteiger partial charge in [-0.2, -0.15) is 0 Å². The molecule has 3 N–H and O–H groups in total. The van der Waals surface area contributed by atoms with Crippen LogP contribution in [0, 0.1) is 10.1 Å². The van der Waals surface area contributed by atoms with Gasteiger partial charge in [0.1, 0.15) is 11.8 Å². The first-order chi connectivity index (χ1) is 12.0. The number of nitro benzene ring substituents is 1. The normalized spacial score (nSPS) is 11.5. The summed E-state index contributed by atoms with van der Waals surface area (Å²) in [6.07, 6.45) is 0. The van der Waals surface area contributed by atoms with Crippen LogP contribution in [0.25, 0.3) is 0 Å². The van der Waals surface area contributed by atoms with Crippen LogP contribution >= 0.6 is 0 Å². The summed E-state index contributed by atoms with van der Waals surface area (Å²) in [5.74, 6) is -0.148. The number of aliphatic hydroxyl groups excluding tert-OH is 1. The number of para-hydroxylation sites is 1. The Morgan fingerprint density at radius 2 is 2.00 bits per heavy atom. The summed E-state index contributed by atoms with van der Waals surface area (Å²) < 4.78 is 5.10. The van der Waals surface area contributed by atoms with Crippen LogP contribution in [0.3, 0.4) is 0 Å². The van der Waals surface area contributed by atoms with Crippen LogP contribution < -0.4 is 15.4 Å². The van der Waals surface area contributed by atoms with E-state index in [-0.39, 0.29) is 24.0 Å². The van der Waals surface area contributed by atoms with Crippen molar-refractivity contribution in [2.75, 3.05) is 17.7 Å². The summed E-state index contributed by atoms with van der Waals surface area (Å²) >= 11 is 0. The quantitative estimate of drug-likeness (QED) is 0.525. The second kappa shape index (κ2) is 8.11. The molecule has 0 aliphatic heterocycles. The molecule has 0 unspecified atom stereocenters. The number of methoxy groups -OCH3 is 1. The smallest absolute Gasteiger partial charge is 0.273 e. The van der Waals surface area contributed by atoms with E-state index in [1.54, 1.807) is 31.2 Å². The van der Waals surface area contributed by atoms with E-state index < -0.39 is 11.0 Å². The summed E-state index contributed by atoms with van der Waals surface area (Å²) in [5.41, 5.74) is 1.54. The summed E-state index contributed by atoms with van der Waals surface area (Å²) in [5, 5.41) is 25.8. The average molecular weight is 345 g/mol. The van der Waals surface area contributed by atoms with Crippen LogP contribution in [-0.4, -0.2) is 29.1 Å². The molecule has 0 spiro atoms. The molecular formula is C17H19N3O5. The zero-order valence-corrected chi connectivity index (χ0v) is 13.9. The Hall–Kier alpha value is -3.13. The lowest BCUT2D eigenvalue weighted by atomic mass is 10.1. The van der Waals surface area contributed by atoms with E-state index in [9.17, 15) is 20.0 Å². The number of amides is 1. The molecule has 0 aliphatic rings. The lowest BCUT2D eigenvalue weighted by Crippen LogP contribution is -2.32. The molecule has 0 aromatic heterocycles. The summed E-state index contributed by atoms with van der Waals surface area (Å²) in [6.45, 7) is 1.52. The number of ether oxygens (including phenoxy) is 1. The number of carbonyl (C=O) groups is 1. The molecule has 2 rings (SSSR count). The zero-order valence-electron chi connectivity index (χ0n) is 13.9. The Morgan fingerprint density at radius 1 is 1.28 bits per heavy atom. The first-order valence-corrected chi connectivity index (χ1v) is 7.55. The fourth-order valence-electron chi connectivity index (χ4n) is 2.24. The maximum Gasteiger partial charge on any atom is 0.273 e. The Kier molecular flexibility index (Phi) is 5.91. The van der Waals surface area contributed by atoms with Crippen LogP contribution in [0.1, 0.15) is 12.5 Å². The molecule has 2 aromatic carbocycles. The van der Waals surface area contributed by atoms with Gasteiger partial charge in [0.05, 0.1) is 30.4 Å². The molecule has 1 amide bonds. The lowest BCUT2D eigenvalue weighted by Gasteiger charge is -2.18. The number of hydrogen-bond acceptors (Lipinski definition) is 6. The van der Waals surface area contributed by atoms with E-state index in [1.807, 2.05) is 0 Å². The van der Waals surface area contributed by atoms with E-state index >= 15 is 0 Å². The second-order valence-electron chi connectivity index (χ2n) is 5.31. The van der Waals surface area contributed by atoms with Crippen molar-refractivity contribution in [3.63, 3.8) is 0 Å². The first kappa shape index (κ1) is 18.2. The highest BCUT2D eigenvalue weighted by molar-refractivity contribution is 5.97. The number of anilines is 2. The van der Waals surface area contributed by atoms with Crippen molar-refractivity contribution in [2.45, 2.75) is 19.6 Å². The molecule has 2 aromatic rings. The maximum atomic E-state index is 12.4. The van der Waals surface area contributed by atoms with Crippen molar-refractivity contribution in [1.29, 1.82) is 0 Å². The summed E-state index contributed by atoms with van der Waals surface area (Å²) in [7, 11) is 1.37. The largest absolute Gasteiger partial charge is 0.494 e. The molecule has 0 radical (unpaired) electrons. The van der Waals surface area contributed by atoms with Crippen molar-refractivity contribution in [1.82, 2.24) is 0 Å². The van der Waals surface area contributed by atoms with Gasteiger partial charge in [0.15, 0.2) is 0 Å². The Labute approximate surface area is 144 Å². The van der Waals surface area contributed by atoms with Crippen molar-refractivity contribution < 1.29 is 19.6 Å². The van der Waals surface area contributed by atoms with Gasteiger partial charge in [-0.05, 0) is 19.1 Å². The van der Waals surface area contributed by atoms with E-state index in [0.717, 1.165) is 0 Å². The highest BCUT2D eigenvalue weighted by Crippen LogP contribution is 2.29. The Morgan fingerprint density at radius 3 is 2.64 bits per heavy atom. The van der Waals surface area contributed by atoms with Crippen LogP contribution in [0.4, 0.5) is 17.1 Å². The highest BCUT2D eigenvalue weighted by atomic mass is 16.6. The first-order valence-electron chi connectivity index (χ1n) is 7.55. The van der Waals surface area contributed by atoms with Gasteiger partial charge in [0.25, 0.3) is 5.69 Å². The van der Waals surface area contributed by atoms with E-state index in [0.29, 0.717) is 16.9 Å². The molecular weight excluding hydrogens is 326 g/mol. The number of hydrogen-bond donors (Lipinski definition) is 3. The highest BCUT2D eigenvalue weighted by Gasteiger charge is 2.18. The summed E-state index contributed by atoms with van der Waals surface area (Å²) in [4.78, 5) is 22.6. The number of rotatable bonds is 7. The zero-order chi connectivity index (χ0) is 18.4. The fraction of sp³-hybridized carbons (Fsp3) is 0.235. The third kappa shape index (κ3) is 4.45. The van der Waals surface area contributed by atoms with Gasteiger partial charge in [-0.1, -0.05) is 18.2 Å². The molecule has 0 saturated heterocycles. The fourth-order valence-corrected chi connectivity index (χ4v) is 2.24. The number of carbonyl (C=O) groups excluding carboxylic acids is 1. The molecule has 8 heteroatoms. The third-order valence-corrected chi connectivity index (χ3v) is 3.61. The molecule has 1 atom stereocenters. The molecule has 0 bridgehead atoms. The predicted molar refractivity (Wildman–Crippen MR) is 93.7 cm³/mol. The topological polar surface area (TPSA) is 114 Å². The molecule has 0 fully saturated rings. The molecule has 0 aliphatic carbocycles. The summed E-state index contributed by atoms with van der Waals surface area (Å²) in [6, 6.07) is 10.5. The number of nitrogens with one attached hydrogen (secondary N) is 2. The number of nitrogens with zero attached hydrogens (tertiary/aromatic N) is 1. The molecule has 0 heterocycles. The number of nitro groups is 1. The van der Waals surface area contributed by atoms with Crippen LogP contribution in [0.2, 0.25) is 0 Å². The average Bonchev–Trinajstić information content (AvgIpc) is 2.62. The lowest BCUT2D eigenvalue weighted by molar-refractivity contribution is -0.384. The van der Waals surface area contributed by atoms with Gasteiger partial charge in [0.2, 0.25) is 5.91 Å². The number of benzene rings is 2. The SMILES string of the molecule is COc1cc([N+](=O)[O-])ccc1NC(=O)[C@H](C)Nc1ccccc1CO. The standard InChI is InChI=1S/C17H19N3O5/c1-11(18-14-6-4-3-5-12(14)10-21)17(22)19-15-8-7-13(20(23)24)9-16(15)25-2/h3-9,11,18,21H,10H2,1-2H3,(H,19,22)/t11-/m0/s1. The molecule has 132 valence electrons. The Bertz CT molecular complexity index is 779. The maximum absolute atomic E-state index is 12.4. The predicted octanol–water partition coefficient (Wildman–Crippen LogP) is 2.53. The van der Waals surface area contributed by atoms with E-state index in [4.69, 9.17) is 4.74 Å². The minimum atomic E-state index is -0.604. The monoisotopic (exact) mass is 345 g/mol. The number of non-ortho nitro benzene ring substituents is 1. The van der Waals surface area contributed by atoms with E-state index in [2.05, 4.69) is 10.6 Å². The minimum absolute atomic E-state index is 0.127. The van der Waals surface area contributed by atoms with Gasteiger partial charge in [-0.25, -0.2) is 0 Å². The van der Waals surface area contributed by atoms with Crippen LogP contribution in [0.5, 0.6) is 5.75 Å². The van der Waals surface area contributed by atoms with E-state index in [1.165, 1.54) is 25.3 Å². The third-order valence-electron chi connectivity index (χ3n) is 3.61. The molecule has 0 saturated carbocycles. The molecule has 8 nitrogen and oxygen atoms in total. The van der Waals surface area contributed by atoms with Crippen molar-refractivity contribution >= 4 is 23.0 Å². The number of aliphatic hydroxyl groups is 1.